The summed E-state index contributed by atoms with van der Waals surface area (Å²) < 4.78 is 20.0. The zero-order valence-corrected chi connectivity index (χ0v) is 11.1. The van der Waals surface area contributed by atoms with E-state index in [0.29, 0.717) is 22.7 Å². The first-order valence-electron chi connectivity index (χ1n) is 6.08. The standard InChI is InChI=1S/C14H11FN4O2/c1-21-12-6-8(15)2-3-9(12)11-4-5-17-14-10(13(16)20)7-18-19(11)14/h2-7H,1H3,(H2,16,20). The fourth-order valence-corrected chi connectivity index (χ4v) is 2.15. The summed E-state index contributed by atoms with van der Waals surface area (Å²) in [5, 5.41) is 4.12. The molecular formula is C14H11FN4O2. The van der Waals surface area contributed by atoms with Crippen molar-refractivity contribution in [1.29, 1.82) is 0 Å². The van der Waals surface area contributed by atoms with Gasteiger partial charge in [-0.25, -0.2) is 13.9 Å². The van der Waals surface area contributed by atoms with Crippen molar-refractivity contribution in [3.05, 3.63) is 48.0 Å². The maximum Gasteiger partial charge on any atom is 0.254 e. The quantitative estimate of drug-likeness (QED) is 0.793. The van der Waals surface area contributed by atoms with Gasteiger partial charge in [0.15, 0.2) is 5.65 Å². The van der Waals surface area contributed by atoms with Crippen molar-refractivity contribution in [2.75, 3.05) is 7.11 Å². The summed E-state index contributed by atoms with van der Waals surface area (Å²) in [5.74, 6) is -0.654. The number of methoxy groups -OCH3 is 1. The number of halogens is 1. The molecule has 1 amide bonds. The van der Waals surface area contributed by atoms with Crippen molar-refractivity contribution >= 4 is 11.6 Å². The summed E-state index contributed by atoms with van der Waals surface area (Å²) in [4.78, 5) is 15.5. The minimum absolute atomic E-state index is 0.220. The highest BCUT2D eigenvalue weighted by Crippen LogP contribution is 2.30. The van der Waals surface area contributed by atoms with E-state index in [0.717, 1.165) is 0 Å². The third-order valence-corrected chi connectivity index (χ3v) is 3.11. The normalized spacial score (nSPS) is 10.8. The van der Waals surface area contributed by atoms with Crippen LogP contribution in [0.5, 0.6) is 5.75 Å². The molecule has 2 aromatic heterocycles. The topological polar surface area (TPSA) is 82.5 Å². The highest BCUT2D eigenvalue weighted by molar-refractivity contribution is 5.98. The number of hydrogen-bond acceptors (Lipinski definition) is 4. The minimum Gasteiger partial charge on any atom is -0.496 e. The summed E-state index contributed by atoms with van der Waals surface area (Å²) in [6.07, 6.45) is 2.88. The van der Waals surface area contributed by atoms with E-state index in [9.17, 15) is 9.18 Å². The molecule has 0 spiro atoms. The van der Waals surface area contributed by atoms with E-state index in [-0.39, 0.29) is 5.56 Å². The van der Waals surface area contributed by atoms with Gasteiger partial charge in [0.1, 0.15) is 17.1 Å². The Morgan fingerprint density at radius 2 is 2.19 bits per heavy atom. The van der Waals surface area contributed by atoms with Gasteiger partial charge in [-0.1, -0.05) is 0 Å². The number of nitrogens with zero attached hydrogens (tertiary/aromatic N) is 3. The second kappa shape index (κ2) is 4.86. The minimum atomic E-state index is -0.610. The van der Waals surface area contributed by atoms with Crippen LogP contribution in [0.25, 0.3) is 16.9 Å². The Morgan fingerprint density at radius 3 is 2.90 bits per heavy atom. The SMILES string of the molecule is COc1cc(F)ccc1-c1ccnc2c(C(N)=O)cnn12. The molecule has 6 nitrogen and oxygen atoms in total. The van der Waals surface area contributed by atoms with E-state index >= 15 is 0 Å². The van der Waals surface area contributed by atoms with Crippen molar-refractivity contribution in [2.45, 2.75) is 0 Å². The lowest BCUT2D eigenvalue weighted by Crippen LogP contribution is -2.11. The molecule has 3 aromatic rings. The van der Waals surface area contributed by atoms with Gasteiger partial charge >= 0.3 is 0 Å². The lowest BCUT2D eigenvalue weighted by molar-refractivity contribution is 0.100. The van der Waals surface area contributed by atoms with Gasteiger partial charge < -0.3 is 10.5 Å². The highest BCUT2D eigenvalue weighted by atomic mass is 19.1. The van der Waals surface area contributed by atoms with Gasteiger partial charge in [-0.3, -0.25) is 4.79 Å². The predicted molar refractivity (Wildman–Crippen MR) is 73.5 cm³/mol. The number of ether oxygens (including phenoxy) is 1. The van der Waals surface area contributed by atoms with Crippen LogP contribution < -0.4 is 10.5 Å². The second-order valence-electron chi connectivity index (χ2n) is 4.33. The number of benzene rings is 1. The van der Waals surface area contributed by atoms with Gasteiger partial charge in [-0.05, 0) is 18.2 Å². The van der Waals surface area contributed by atoms with E-state index in [1.54, 1.807) is 12.1 Å². The van der Waals surface area contributed by atoms with E-state index in [1.807, 2.05) is 0 Å². The summed E-state index contributed by atoms with van der Waals surface area (Å²) in [7, 11) is 1.45. The summed E-state index contributed by atoms with van der Waals surface area (Å²) in [5.41, 5.74) is 7.09. The van der Waals surface area contributed by atoms with Gasteiger partial charge in [0.25, 0.3) is 5.91 Å². The first-order valence-corrected chi connectivity index (χ1v) is 6.08. The molecule has 0 fully saturated rings. The number of hydrogen-bond donors (Lipinski definition) is 1. The first kappa shape index (κ1) is 13.0. The number of carbonyl (C=O) groups is 1. The molecule has 0 aliphatic carbocycles. The number of fused-ring (bicyclic) bond motifs is 1. The van der Waals surface area contributed by atoms with Crippen molar-refractivity contribution < 1.29 is 13.9 Å². The van der Waals surface area contributed by atoms with Gasteiger partial charge in [0.2, 0.25) is 0 Å². The van der Waals surface area contributed by atoms with E-state index in [2.05, 4.69) is 10.1 Å². The highest BCUT2D eigenvalue weighted by Gasteiger charge is 2.16. The van der Waals surface area contributed by atoms with Crippen LogP contribution in [0, 0.1) is 5.82 Å². The molecule has 0 saturated heterocycles. The van der Waals surface area contributed by atoms with Gasteiger partial charge in [0, 0.05) is 17.8 Å². The monoisotopic (exact) mass is 286 g/mol. The van der Waals surface area contributed by atoms with E-state index in [4.69, 9.17) is 10.5 Å². The Morgan fingerprint density at radius 1 is 1.38 bits per heavy atom. The van der Waals surface area contributed by atoms with Gasteiger partial charge in [-0.15, -0.1) is 0 Å². The van der Waals surface area contributed by atoms with Crippen LogP contribution in [0.3, 0.4) is 0 Å². The third kappa shape index (κ3) is 2.08. The number of amides is 1. The Balaban J connectivity index is 2.29. The molecule has 0 atom stereocenters. The molecular weight excluding hydrogens is 275 g/mol. The number of rotatable bonds is 3. The van der Waals surface area contributed by atoms with Crippen molar-refractivity contribution in [1.82, 2.24) is 14.6 Å². The third-order valence-electron chi connectivity index (χ3n) is 3.11. The lowest BCUT2D eigenvalue weighted by atomic mass is 10.1. The Bertz CT molecular complexity index is 844. The smallest absolute Gasteiger partial charge is 0.254 e. The Hall–Kier alpha value is -2.96. The number of nitrogens with two attached hydrogens (primary N) is 1. The number of carbonyl (C=O) groups excluding carboxylic acids is 1. The fourth-order valence-electron chi connectivity index (χ4n) is 2.15. The van der Waals surface area contributed by atoms with Gasteiger partial charge in [-0.2, -0.15) is 5.10 Å². The largest absolute Gasteiger partial charge is 0.496 e. The molecule has 7 heteroatoms. The molecule has 0 aliphatic rings. The van der Waals surface area contributed by atoms with Gasteiger partial charge in [0.05, 0.1) is 19.0 Å². The molecule has 0 bridgehead atoms. The molecule has 2 N–H and O–H groups in total. The molecule has 1 aromatic carbocycles. The van der Waals surface area contributed by atoms with Crippen molar-refractivity contribution in [3.8, 4) is 17.0 Å². The van der Waals surface area contributed by atoms with Crippen LogP contribution in [-0.2, 0) is 0 Å². The molecule has 21 heavy (non-hydrogen) atoms. The molecule has 2 heterocycles. The Labute approximate surface area is 119 Å². The van der Waals surface area contributed by atoms with Crippen LogP contribution in [0.15, 0.2) is 36.7 Å². The number of primary amides is 1. The average Bonchev–Trinajstić information content (AvgIpc) is 2.91. The lowest BCUT2D eigenvalue weighted by Gasteiger charge is -2.10. The summed E-state index contributed by atoms with van der Waals surface area (Å²) in [6.45, 7) is 0. The van der Waals surface area contributed by atoms with E-state index < -0.39 is 11.7 Å². The molecule has 106 valence electrons. The Kier molecular flexibility index (Phi) is 3.02. The average molecular weight is 286 g/mol. The zero-order chi connectivity index (χ0) is 15.0. The molecule has 3 rings (SSSR count). The van der Waals surface area contributed by atoms with Crippen LogP contribution in [0.1, 0.15) is 10.4 Å². The number of aromatic nitrogens is 3. The summed E-state index contributed by atoms with van der Waals surface area (Å²) >= 11 is 0. The maximum atomic E-state index is 13.3. The molecule has 0 radical (unpaired) electrons. The molecule has 0 aliphatic heterocycles. The summed E-state index contributed by atoms with van der Waals surface area (Å²) in [6, 6.07) is 5.87. The second-order valence-corrected chi connectivity index (χ2v) is 4.33. The van der Waals surface area contributed by atoms with E-state index in [1.165, 1.54) is 36.2 Å². The van der Waals surface area contributed by atoms with Crippen LogP contribution in [-0.4, -0.2) is 27.6 Å². The predicted octanol–water partition coefficient (Wildman–Crippen LogP) is 1.64. The molecule has 0 saturated carbocycles. The van der Waals surface area contributed by atoms with Crippen LogP contribution in [0.4, 0.5) is 4.39 Å². The zero-order valence-electron chi connectivity index (χ0n) is 11.1. The first-order chi connectivity index (χ1) is 10.1. The van der Waals surface area contributed by atoms with Crippen molar-refractivity contribution in [2.24, 2.45) is 5.73 Å². The maximum absolute atomic E-state index is 13.3. The molecule has 0 unspecified atom stereocenters. The van der Waals surface area contributed by atoms with Crippen LogP contribution >= 0.6 is 0 Å². The van der Waals surface area contributed by atoms with Crippen LogP contribution in [0.2, 0.25) is 0 Å². The van der Waals surface area contributed by atoms with Crippen molar-refractivity contribution in [3.63, 3.8) is 0 Å². The fraction of sp³-hybridized carbons (Fsp3) is 0.0714.